The maximum Gasteiger partial charge on any atom is 0.231 e. The highest BCUT2D eigenvalue weighted by Crippen LogP contribution is 2.28. The third-order valence-electron chi connectivity index (χ3n) is 2.65. The molecule has 0 bridgehead atoms. The first-order valence-corrected chi connectivity index (χ1v) is 5.15. The summed E-state index contributed by atoms with van der Waals surface area (Å²) in [6, 6.07) is 5.66. The van der Waals surface area contributed by atoms with E-state index in [0.717, 1.165) is 21.9 Å². The largest absolute Gasteiger partial charge is 0.367 e. The van der Waals surface area contributed by atoms with Gasteiger partial charge in [0.1, 0.15) is 0 Å². The van der Waals surface area contributed by atoms with Gasteiger partial charge in [-0.15, -0.1) is 0 Å². The molecule has 80 valence electrons. The van der Waals surface area contributed by atoms with Gasteiger partial charge in [-0.05, 0) is 24.6 Å². The standard InChI is InChI=1S/C11H8ClN3O/c1-5-8(12)3-2-6-4-7-10(13)16-15-11(7)14-9(5)6/h2-4H,13H2,1H3. The number of nitrogens with two attached hydrogens (primary N) is 1. The summed E-state index contributed by atoms with van der Waals surface area (Å²) >= 11 is 6.04. The normalized spacial score (nSPS) is 11.4. The van der Waals surface area contributed by atoms with Gasteiger partial charge in [0.2, 0.25) is 11.5 Å². The molecular formula is C11H8ClN3O. The summed E-state index contributed by atoms with van der Waals surface area (Å²) in [5.74, 6) is 0.289. The Kier molecular flexibility index (Phi) is 1.82. The Morgan fingerprint density at radius 1 is 1.38 bits per heavy atom. The zero-order valence-corrected chi connectivity index (χ0v) is 9.25. The van der Waals surface area contributed by atoms with Gasteiger partial charge in [-0.2, -0.15) is 0 Å². The summed E-state index contributed by atoms with van der Waals surface area (Å²) in [6.45, 7) is 1.92. The molecule has 2 aromatic heterocycles. The van der Waals surface area contributed by atoms with Gasteiger partial charge in [-0.25, -0.2) is 4.98 Å². The van der Waals surface area contributed by atoms with Crippen LogP contribution in [-0.4, -0.2) is 10.1 Å². The van der Waals surface area contributed by atoms with Gasteiger partial charge in [0.05, 0.1) is 10.9 Å². The number of aromatic nitrogens is 2. The molecule has 3 aromatic rings. The van der Waals surface area contributed by atoms with E-state index in [9.17, 15) is 0 Å². The lowest BCUT2D eigenvalue weighted by molar-refractivity contribution is 0.443. The molecule has 4 nitrogen and oxygen atoms in total. The van der Waals surface area contributed by atoms with E-state index in [-0.39, 0.29) is 5.88 Å². The molecule has 0 aliphatic heterocycles. The zero-order valence-electron chi connectivity index (χ0n) is 8.49. The number of benzene rings is 1. The molecule has 0 spiro atoms. The molecular weight excluding hydrogens is 226 g/mol. The molecule has 0 amide bonds. The third-order valence-corrected chi connectivity index (χ3v) is 3.06. The van der Waals surface area contributed by atoms with Crippen LogP contribution in [0.4, 0.5) is 5.88 Å². The molecule has 0 saturated carbocycles. The first kappa shape index (κ1) is 9.42. The van der Waals surface area contributed by atoms with Crippen LogP contribution in [0.25, 0.3) is 21.9 Å². The quantitative estimate of drug-likeness (QED) is 0.648. The van der Waals surface area contributed by atoms with E-state index in [1.54, 1.807) is 0 Å². The van der Waals surface area contributed by atoms with E-state index >= 15 is 0 Å². The molecule has 0 aliphatic carbocycles. The van der Waals surface area contributed by atoms with Crippen molar-refractivity contribution in [3.63, 3.8) is 0 Å². The van der Waals surface area contributed by atoms with E-state index in [1.807, 2.05) is 25.1 Å². The Balaban J connectivity index is 2.53. The number of fused-ring (bicyclic) bond motifs is 2. The van der Waals surface area contributed by atoms with Crippen molar-refractivity contribution in [1.82, 2.24) is 10.1 Å². The second-order valence-electron chi connectivity index (χ2n) is 3.65. The molecule has 0 fully saturated rings. The average Bonchev–Trinajstić information content (AvgIpc) is 2.64. The molecule has 16 heavy (non-hydrogen) atoms. The number of hydrogen-bond acceptors (Lipinski definition) is 4. The van der Waals surface area contributed by atoms with Crippen LogP contribution in [0.15, 0.2) is 22.7 Å². The van der Waals surface area contributed by atoms with Crippen molar-refractivity contribution in [2.45, 2.75) is 6.92 Å². The number of halogens is 1. The van der Waals surface area contributed by atoms with Gasteiger partial charge in [-0.3, -0.25) is 0 Å². The Morgan fingerprint density at radius 2 is 2.19 bits per heavy atom. The number of rotatable bonds is 0. The number of anilines is 1. The van der Waals surface area contributed by atoms with Crippen LogP contribution < -0.4 is 5.73 Å². The Labute approximate surface area is 96.0 Å². The number of pyridine rings is 1. The van der Waals surface area contributed by atoms with Gasteiger partial charge in [0.25, 0.3) is 0 Å². The lowest BCUT2D eigenvalue weighted by Crippen LogP contribution is -1.87. The first-order chi connectivity index (χ1) is 7.66. The van der Waals surface area contributed by atoms with Crippen molar-refractivity contribution < 1.29 is 4.52 Å². The maximum atomic E-state index is 6.04. The Hall–Kier alpha value is -1.81. The van der Waals surface area contributed by atoms with Crippen LogP contribution in [0.2, 0.25) is 5.02 Å². The average molecular weight is 234 g/mol. The highest BCUT2D eigenvalue weighted by atomic mass is 35.5. The van der Waals surface area contributed by atoms with Gasteiger partial charge in [0.15, 0.2) is 0 Å². The predicted molar refractivity (Wildman–Crippen MR) is 63.5 cm³/mol. The molecule has 3 rings (SSSR count). The Bertz CT molecular complexity index is 705. The van der Waals surface area contributed by atoms with Gasteiger partial charge in [-0.1, -0.05) is 22.8 Å². The monoisotopic (exact) mass is 233 g/mol. The summed E-state index contributed by atoms with van der Waals surface area (Å²) in [7, 11) is 0. The molecule has 1 aromatic carbocycles. The minimum absolute atomic E-state index is 0.289. The molecule has 0 radical (unpaired) electrons. The highest BCUT2D eigenvalue weighted by molar-refractivity contribution is 6.32. The second-order valence-corrected chi connectivity index (χ2v) is 4.06. The van der Waals surface area contributed by atoms with Crippen LogP contribution in [0, 0.1) is 6.92 Å². The predicted octanol–water partition coefficient (Wildman–Crippen LogP) is 2.92. The van der Waals surface area contributed by atoms with E-state index in [0.29, 0.717) is 10.7 Å². The van der Waals surface area contributed by atoms with E-state index in [4.69, 9.17) is 21.9 Å². The summed E-state index contributed by atoms with van der Waals surface area (Å²) in [6.07, 6.45) is 0. The van der Waals surface area contributed by atoms with Crippen LogP contribution in [0.3, 0.4) is 0 Å². The van der Waals surface area contributed by atoms with Crippen molar-refractivity contribution in [3.8, 4) is 0 Å². The van der Waals surface area contributed by atoms with Crippen molar-refractivity contribution in [3.05, 3.63) is 28.8 Å². The van der Waals surface area contributed by atoms with Crippen molar-refractivity contribution in [2.75, 3.05) is 5.73 Å². The number of nitrogen functional groups attached to an aromatic ring is 1. The number of nitrogens with zero attached hydrogens (tertiary/aromatic N) is 2. The third kappa shape index (κ3) is 1.17. The van der Waals surface area contributed by atoms with Crippen molar-refractivity contribution in [1.29, 1.82) is 0 Å². The van der Waals surface area contributed by atoms with E-state index < -0.39 is 0 Å². The summed E-state index contributed by atoms with van der Waals surface area (Å²) in [5.41, 5.74) is 7.91. The zero-order chi connectivity index (χ0) is 11.3. The fraction of sp³-hybridized carbons (Fsp3) is 0.0909. The van der Waals surface area contributed by atoms with E-state index in [2.05, 4.69) is 10.1 Å². The van der Waals surface area contributed by atoms with Crippen LogP contribution in [0.5, 0.6) is 0 Å². The fourth-order valence-electron chi connectivity index (χ4n) is 1.74. The summed E-state index contributed by atoms with van der Waals surface area (Å²) < 4.78 is 4.89. The smallest absolute Gasteiger partial charge is 0.231 e. The van der Waals surface area contributed by atoms with Crippen LogP contribution in [0.1, 0.15) is 5.56 Å². The molecule has 0 unspecified atom stereocenters. The molecule has 0 aliphatic rings. The minimum atomic E-state index is 0.289. The van der Waals surface area contributed by atoms with Crippen LogP contribution in [-0.2, 0) is 0 Å². The number of aryl methyl sites for hydroxylation is 1. The summed E-state index contributed by atoms with van der Waals surface area (Å²) in [4.78, 5) is 4.39. The molecule has 0 saturated heterocycles. The lowest BCUT2D eigenvalue weighted by atomic mass is 10.1. The maximum absolute atomic E-state index is 6.04. The Morgan fingerprint density at radius 3 is 3.00 bits per heavy atom. The SMILES string of the molecule is Cc1c(Cl)ccc2cc3c(N)onc3nc12. The molecule has 2 N–H and O–H groups in total. The molecule has 2 heterocycles. The fourth-order valence-corrected chi connectivity index (χ4v) is 1.89. The van der Waals surface area contributed by atoms with Gasteiger partial charge < -0.3 is 10.3 Å². The summed E-state index contributed by atoms with van der Waals surface area (Å²) in [5, 5.41) is 6.18. The van der Waals surface area contributed by atoms with Gasteiger partial charge >= 0.3 is 0 Å². The van der Waals surface area contributed by atoms with Crippen molar-refractivity contribution >= 4 is 39.4 Å². The lowest BCUT2D eigenvalue weighted by Gasteiger charge is -2.02. The van der Waals surface area contributed by atoms with Gasteiger partial charge in [0, 0.05) is 10.4 Å². The number of hydrogen-bond donors (Lipinski definition) is 1. The first-order valence-electron chi connectivity index (χ1n) is 4.77. The molecule has 5 heteroatoms. The second kappa shape index (κ2) is 3.09. The van der Waals surface area contributed by atoms with Crippen LogP contribution >= 0.6 is 11.6 Å². The van der Waals surface area contributed by atoms with Crippen molar-refractivity contribution in [2.24, 2.45) is 0 Å². The highest BCUT2D eigenvalue weighted by Gasteiger charge is 2.10. The minimum Gasteiger partial charge on any atom is -0.367 e. The topological polar surface area (TPSA) is 64.9 Å². The molecule has 0 atom stereocenters. The van der Waals surface area contributed by atoms with E-state index in [1.165, 1.54) is 0 Å².